The van der Waals surface area contributed by atoms with Crippen LogP contribution in [0.5, 0.6) is 0 Å². The first-order valence-corrected chi connectivity index (χ1v) is 6.48. The Hall–Kier alpha value is -2.62. The topological polar surface area (TPSA) is 37.6 Å². The summed E-state index contributed by atoms with van der Waals surface area (Å²) in [7, 11) is 1.79. The third-order valence-corrected chi connectivity index (χ3v) is 3.26. The molecule has 1 aromatic carbocycles. The van der Waals surface area contributed by atoms with Gasteiger partial charge >= 0.3 is 0 Å². The van der Waals surface area contributed by atoms with Crippen LogP contribution in [0.4, 0.5) is 5.69 Å². The number of nitrogens with zero attached hydrogens (tertiary/aromatic N) is 3. The number of rotatable bonds is 3. The van der Waals surface area contributed by atoms with Gasteiger partial charge in [-0.15, -0.1) is 0 Å². The Bertz CT molecular complexity index is 701. The number of hydrogen-bond donors (Lipinski definition) is 0. The minimum Gasteiger partial charge on any atom is -0.315 e. The maximum absolute atomic E-state index is 12.3. The van der Waals surface area contributed by atoms with Crippen molar-refractivity contribution in [3.63, 3.8) is 0 Å². The molecule has 4 nitrogen and oxygen atoms in total. The fourth-order valence-electron chi connectivity index (χ4n) is 2.14. The zero-order valence-corrected chi connectivity index (χ0v) is 11.2. The number of aromatic nitrogens is 2. The molecule has 0 fully saturated rings. The van der Waals surface area contributed by atoms with Crippen molar-refractivity contribution in [2.24, 2.45) is 0 Å². The highest BCUT2D eigenvalue weighted by molar-refractivity contribution is 5.94. The van der Waals surface area contributed by atoms with Gasteiger partial charge in [-0.2, -0.15) is 0 Å². The van der Waals surface area contributed by atoms with Crippen molar-refractivity contribution in [3.8, 4) is 0 Å². The van der Waals surface area contributed by atoms with Crippen LogP contribution in [0, 0.1) is 0 Å². The van der Waals surface area contributed by atoms with Gasteiger partial charge in [0.25, 0.3) is 0 Å². The van der Waals surface area contributed by atoms with Crippen molar-refractivity contribution < 1.29 is 4.79 Å². The molecular weight excluding hydrogens is 250 g/mol. The van der Waals surface area contributed by atoms with E-state index in [-0.39, 0.29) is 5.91 Å². The molecular formula is C16H15N3O. The summed E-state index contributed by atoms with van der Waals surface area (Å²) < 4.78 is 1.92. The molecule has 0 saturated heterocycles. The standard InChI is InChI=1S/C16H15N3O/c1-18(14-7-3-2-4-8-14)16(20)11-13-12-19-10-6-5-9-15(19)17-13/h2-10,12H,11H2,1H3. The van der Waals surface area contributed by atoms with Gasteiger partial charge < -0.3 is 9.30 Å². The zero-order valence-electron chi connectivity index (χ0n) is 11.2. The number of carbonyl (C=O) groups is 1. The number of imidazole rings is 1. The van der Waals surface area contributed by atoms with Crippen LogP contribution in [-0.4, -0.2) is 22.3 Å². The van der Waals surface area contributed by atoms with E-state index in [9.17, 15) is 4.79 Å². The summed E-state index contributed by atoms with van der Waals surface area (Å²) in [6.07, 6.45) is 4.12. The molecule has 0 bridgehead atoms. The lowest BCUT2D eigenvalue weighted by molar-refractivity contribution is -0.117. The lowest BCUT2D eigenvalue weighted by atomic mass is 10.2. The van der Waals surface area contributed by atoms with Gasteiger partial charge in [0, 0.05) is 25.1 Å². The van der Waals surface area contributed by atoms with Crippen LogP contribution in [0.15, 0.2) is 60.9 Å². The van der Waals surface area contributed by atoms with Crippen molar-refractivity contribution in [2.45, 2.75) is 6.42 Å². The molecule has 0 aliphatic heterocycles. The van der Waals surface area contributed by atoms with E-state index in [1.807, 2.05) is 65.3 Å². The Morgan fingerprint density at radius 2 is 1.90 bits per heavy atom. The average molecular weight is 265 g/mol. The fraction of sp³-hybridized carbons (Fsp3) is 0.125. The van der Waals surface area contributed by atoms with E-state index in [1.165, 1.54) is 0 Å². The van der Waals surface area contributed by atoms with Crippen LogP contribution in [-0.2, 0) is 11.2 Å². The van der Waals surface area contributed by atoms with Gasteiger partial charge in [-0.1, -0.05) is 24.3 Å². The number of hydrogen-bond acceptors (Lipinski definition) is 2. The number of fused-ring (bicyclic) bond motifs is 1. The second kappa shape index (κ2) is 5.17. The third kappa shape index (κ3) is 2.40. The van der Waals surface area contributed by atoms with Crippen molar-refractivity contribution in [2.75, 3.05) is 11.9 Å². The van der Waals surface area contributed by atoms with Crippen molar-refractivity contribution in [1.29, 1.82) is 0 Å². The predicted molar refractivity (Wildman–Crippen MR) is 78.7 cm³/mol. The van der Waals surface area contributed by atoms with Crippen LogP contribution in [0.2, 0.25) is 0 Å². The molecule has 0 aliphatic rings. The molecule has 0 spiro atoms. The van der Waals surface area contributed by atoms with Crippen molar-refractivity contribution in [1.82, 2.24) is 9.38 Å². The largest absolute Gasteiger partial charge is 0.315 e. The van der Waals surface area contributed by atoms with E-state index in [4.69, 9.17) is 0 Å². The Morgan fingerprint density at radius 3 is 2.65 bits per heavy atom. The highest BCUT2D eigenvalue weighted by Gasteiger charge is 2.13. The summed E-state index contributed by atoms with van der Waals surface area (Å²) >= 11 is 0. The van der Waals surface area contributed by atoms with E-state index in [1.54, 1.807) is 11.9 Å². The second-order valence-corrected chi connectivity index (χ2v) is 4.66. The van der Waals surface area contributed by atoms with Crippen LogP contribution in [0.1, 0.15) is 5.69 Å². The second-order valence-electron chi connectivity index (χ2n) is 4.66. The van der Waals surface area contributed by atoms with E-state index >= 15 is 0 Å². The Morgan fingerprint density at radius 1 is 1.15 bits per heavy atom. The molecule has 0 unspecified atom stereocenters. The maximum atomic E-state index is 12.3. The summed E-state index contributed by atoms with van der Waals surface area (Å²) in [6, 6.07) is 15.4. The average Bonchev–Trinajstić information content (AvgIpc) is 2.89. The Balaban J connectivity index is 1.78. The molecule has 0 saturated carbocycles. The van der Waals surface area contributed by atoms with Gasteiger partial charge in [-0.25, -0.2) is 4.98 Å². The molecule has 2 aromatic heterocycles. The van der Waals surface area contributed by atoms with Gasteiger partial charge in [0.15, 0.2) is 0 Å². The molecule has 2 heterocycles. The first-order chi connectivity index (χ1) is 9.74. The van der Waals surface area contributed by atoms with Crippen LogP contribution >= 0.6 is 0 Å². The minimum absolute atomic E-state index is 0.0274. The monoisotopic (exact) mass is 265 g/mol. The number of pyridine rings is 1. The predicted octanol–water partition coefficient (Wildman–Crippen LogP) is 2.54. The quantitative estimate of drug-likeness (QED) is 0.730. The molecule has 0 N–H and O–H groups in total. The summed E-state index contributed by atoms with van der Waals surface area (Å²) in [6.45, 7) is 0. The van der Waals surface area contributed by atoms with Crippen molar-refractivity contribution in [3.05, 3.63) is 66.6 Å². The number of para-hydroxylation sites is 1. The van der Waals surface area contributed by atoms with Crippen molar-refractivity contribution >= 4 is 17.2 Å². The highest BCUT2D eigenvalue weighted by atomic mass is 16.2. The molecule has 0 atom stereocenters. The van der Waals surface area contributed by atoms with E-state index in [0.717, 1.165) is 17.0 Å². The third-order valence-electron chi connectivity index (χ3n) is 3.26. The molecule has 4 heteroatoms. The van der Waals surface area contributed by atoms with E-state index < -0.39 is 0 Å². The Labute approximate surface area is 117 Å². The molecule has 0 radical (unpaired) electrons. The van der Waals surface area contributed by atoms with Crippen LogP contribution < -0.4 is 4.90 Å². The first kappa shape index (κ1) is 12.4. The SMILES string of the molecule is CN(C(=O)Cc1cn2ccccc2n1)c1ccccc1. The molecule has 3 rings (SSSR count). The van der Waals surface area contributed by atoms with Gasteiger partial charge in [-0.05, 0) is 24.3 Å². The molecule has 1 amide bonds. The zero-order chi connectivity index (χ0) is 13.9. The number of anilines is 1. The van der Waals surface area contributed by atoms with Gasteiger partial charge in [0.05, 0.1) is 12.1 Å². The summed E-state index contributed by atoms with van der Waals surface area (Å²) in [5, 5.41) is 0. The van der Waals surface area contributed by atoms with Gasteiger partial charge in [-0.3, -0.25) is 4.79 Å². The number of benzene rings is 1. The lowest BCUT2D eigenvalue weighted by Gasteiger charge is -2.16. The summed E-state index contributed by atoms with van der Waals surface area (Å²) in [5.74, 6) is 0.0274. The molecule has 0 aliphatic carbocycles. The number of carbonyl (C=O) groups excluding carboxylic acids is 1. The molecule has 20 heavy (non-hydrogen) atoms. The van der Waals surface area contributed by atoms with Crippen LogP contribution in [0.25, 0.3) is 5.65 Å². The number of amides is 1. The first-order valence-electron chi connectivity index (χ1n) is 6.48. The normalized spacial score (nSPS) is 10.7. The fourth-order valence-corrected chi connectivity index (χ4v) is 2.14. The minimum atomic E-state index is 0.0274. The summed E-state index contributed by atoms with van der Waals surface area (Å²) in [5.41, 5.74) is 2.53. The molecule has 100 valence electrons. The van der Waals surface area contributed by atoms with Gasteiger partial charge in [0.1, 0.15) is 5.65 Å². The smallest absolute Gasteiger partial charge is 0.232 e. The maximum Gasteiger partial charge on any atom is 0.232 e. The van der Waals surface area contributed by atoms with Crippen LogP contribution in [0.3, 0.4) is 0 Å². The lowest BCUT2D eigenvalue weighted by Crippen LogP contribution is -2.27. The van der Waals surface area contributed by atoms with E-state index in [0.29, 0.717) is 6.42 Å². The number of likely N-dealkylation sites (N-methyl/N-ethyl adjacent to an activating group) is 1. The Kier molecular flexibility index (Phi) is 3.21. The molecule has 3 aromatic rings. The van der Waals surface area contributed by atoms with Gasteiger partial charge in [0.2, 0.25) is 5.91 Å². The summed E-state index contributed by atoms with van der Waals surface area (Å²) in [4.78, 5) is 18.4. The highest BCUT2D eigenvalue weighted by Crippen LogP contribution is 2.13. The van der Waals surface area contributed by atoms with E-state index in [2.05, 4.69) is 4.98 Å².